The fourth-order valence-corrected chi connectivity index (χ4v) is 7.45. The molecule has 42 heavy (non-hydrogen) atoms. The first-order chi connectivity index (χ1) is 20.2. The number of carbonyl (C=O) groups excluding carboxylic acids is 2. The molecule has 0 atom stereocenters. The fraction of sp³-hybridized carbons (Fsp3) is 0.120. The number of fused-ring (bicyclic) bond motifs is 2. The number of benzene rings is 3. The first-order valence-electron chi connectivity index (χ1n) is 11.8. The highest BCUT2D eigenvalue weighted by atomic mass is 32.2. The van der Waals surface area contributed by atoms with Crippen molar-refractivity contribution in [3.05, 3.63) is 74.8 Å². The summed E-state index contributed by atoms with van der Waals surface area (Å²) in [5, 5.41) is 27.7. The first-order valence-corrected chi connectivity index (χ1v) is 15.4. The van der Waals surface area contributed by atoms with Gasteiger partial charge in [-0.25, -0.2) is 9.97 Å². The zero-order chi connectivity index (χ0) is 29.8. The zero-order valence-corrected chi connectivity index (χ0v) is 24.7. The summed E-state index contributed by atoms with van der Waals surface area (Å²) >= 11 is 5.07. The van der Waals surface area contributed by atoms with Crippen molar-refractivity contribution in [3.8, 4) is 5.75 Å². The number of non-ortho nitro benzene ring substituents is 1. The van der Waals surface area contributed by atoms with Gasteiger partial charge in [0, 0.05) is 17.8 Å². The van der Waals surface area contributed by atoms with E-state index in [1.54, 1.807) is 24.3 Å². The Bertz CT molecular complexity index is 1860. The number of hydrogen-bond donors (Lipinski definition) is 2. The number of nitrogens with zero attached hydrogens (tertiary/aromatic N) is 4. The average molecular weight is 643 g/mol. The van der Waals surface area contributed by atoms with Crippen LogP contribution in [0, 0.1) is 20.2 Å². The van der Waals surface area contributed by atoms with Crippen LogP contribution in [0.15, 0.2) is 63.3 Å². The number of methoxy groups -OCH3 is 1. The minimum Gasteiger partial charge on any atom is -0.496 e. The average Bonchev–Trinajstić information content (AvgIpc) is 3.57. The van der Waals surface area contributed by atoms with Gasteiger partial charge in [-0.1, -0.05) is 23.5 Å². The zero-order valence-electron chi connectivity index (χ0n) is 21.4. The molecule has 2 heterocycles. The van der Waals surface area contributed by atoms with E-state index in [-0.39, 0.29) is 34.5 Å². The molecule has 0 radical (unpaired) electrons. The highest BCUT2D eigenvalue weighted by molar-refractivity contribution is 8.02. The molecular formula is C25H18N6O7S4. The number of nitrogens with one attached hydrogen (secondary N) is 2. The van der Waals surface area contributed by atoms with Gasteiger partial charge in [-0.3, -0.25) is 29.8 Å². The van der Waals surface area contributed by atoms with Crippen molar-refractivity contribution in [2.45, 2.75) is 8.68 Å². The van der Waals surface area contributed by atoms with Crippen molar-refractivity contribution in [1.29, 1.82) is 0 Å². The van der Waals surface area contributed by atoms with E-state index < -0.39 is 15.8 Å². The number of rotatable bonds is 11. The quantitative estimate of drug-likeness (QED) is 0.0952. The molecular weight excluding hydrogens is 625 g/mol. The van der Waals surface area contributed by atoms with Crippen molar-refractivity contribution >= 4 is 101 Å². The molecule has 5 rings (SSSR count). The highest BCUT2D eigenvalue weighted by Crippen LogP contribution is 2.34. The number of aromatic nitrogens is 2. The van der Waals surface area contributed by atoms with E-state index in [4.69, 9.17) is 4.74 Å². The summed E-state index contributed by atoms with van der Waals surface area (Å²) in [5.74, 6) is -0.271. The van der Waals surface area contributed by atoms with Crippen molar-refractivity contribution in [3.63, 3.8) is 0 Å². The molecule has 0 saturated carbocycles. The van der Waals surface area contributed by atoms with Crippen LogP contribution in [0.4, 0.5) is 22.7 Å². The number of thioether (sulfide) groups is 2. The maximum absolute atomic E-state index is 12.6. The van der Waals surface area contributed by atoms with Crippen LogP contribution in [0.2, 0.25) is 0 Å². The van der Waals surface area contributed by atoms with E-state index in [2.05, 4.69) is 20.6 Å². The molecule has 0 aliphatic heterocycles. The lowest BCUT2D eigenvalue weighted by Gasteiger charge is -2.07. The molecule has 2 N–H and O–H groups in total. The van der Waals surface area contributed by atoms with Crippen molar-refractivity contribution < 1.29 is 24.2 Å². The Hall–Kier alpha value is -4.32. The number of nitro benzene ring substituents is 2. The van der Waals surface area contributed by atoms with Crippen LogP contribution < -0.4 is 15.4 Å². The molecule has 3 aromatic carbocycles. The number of ether oxygens (including phenoxy) is 1. The summed E-state index contributed by atoms with van der Waals surface area (Å²) in [5.41, 5.74) is 1.71. The van der Waals surface area contributed by atoms with E-state index in [1.165, 1.54) is 83.6 Å². The fourth-order valence-electron chi connectivity index (χ4n) is 3.64. The van der Waals surface area contributed by atoms with Crippen LogP contribution in [0.5, 0.6) is 5.75 Å². The number of thiazole rings is 2. The van der Waals surface area contributed by atoms with Gasteiger partial charge in [0.15, 0.2) is 8.68 Å². The van der Waals surface area contributed by atoms with E-state index in [1.807, 2.05) is 0 Å². The summed E-state index contributed by atoms with van der Waals surface area (Å²) < 4.78 is 7.75. The van der Waals surface area contributed by atoms with E-state index in [9.17, 15) is 29.8 Å². The maximum atomic E-state index is 12.6. The molecule has 17 heteroatoms. The van der Waals surface area contributed by atoms with Gasteiger partial charge >= 0.3 is 0 Å². The SMILES string of the molecule is COc1ccc(NC(=O)CSc2nc3ccc(NC(=O)CSc4nc5ccc([N+](=O)[O-])cc5s4)cc3s2)c([N+](=O)[O-])c1. The van der Waals surface area contributed by atoms with Crippen LogP contribution in [-0.2, 0) is 9.59 Å². The van der Waals surface area contributed by atoms with Crippen LogP contribution in [0.3, 0.4) is 0 Å². The Labute approximate surface area is 253 Å². The number of hydrogen-bond acceptors (Lipinski definition) is 13. The Morgan fingerprint density at radius 1 is 0.833 bits per heavy atom. The second-order valence-electron chi connectivity index (χ2n) is 8.37. The molecule has 0 unspecified atom stereocenters. The smallest absolute Gasteiger partial charge is 0.296 e. The van der Waals surface area contributed by atoms with Crippen molar-refractivity contribution in [1.82, 2.24) is 9.97 Å². The molecule has 0 saturated heterocycles. The lowest BCUT2D eigenvalue weighted by molar-refractivity contribution is -0.384. The van der Waals surface area contributed by atoms with Gasteiger partial charge in [0.1, 0.15) is 11.4 Å². The molecule has 5 aromatic rings. The number of nitro groups is 2. The molecule has 2 aromatic heterocycles. The second-order valence-corrected chi connectivity index (χ2v) is 12.9. The summed E-state index contributed by atoms with van der Waals surface area (Å²) in [6.45, 7) is 0. The Morgan fingerprint density at radius 3 is 2.07 bits per heavy atom. The van der Waals surface area contributed by atoms with Gasteiger partial charge in [-0.2, -0.15) is 0 Å². The molecule has 13 nitrogen and oxygen atoms in total. The molecule has 214 valence electrons. The Kier molecular flexibility index (Phi) is 8.81. The monoisotopic (exact) mass is 642 g/mol. The number of amides is 2. The Balaban J connectivity index is 1.15. The van der Waals surface area contributed by atoms with E-state index in [0.717, 1.165) is 4.70 Å². The predicted octanol–water partition coefficient (Wildman–Crippen LogP) is 6.19. The van der Waals surface area contributed by atoms with Gasteiger partial charge < -0.3 is 15.4 Å². The second kappa shape index (κ2) is 12.7. The van der Waals surface area contributed by atoms with Crippen molar-refractivity contribution in [2.24, 2.45) is 0 Å². The first kappa shape index (κ1) is 29.2. The minimum atomic E-state index is -0.593. The van der Waals surface area contributed by atoms with Gasteiger partial charge in [0.25, 0.3) is 11.4 Å². The van der Waals surface area contributed by atoms with Gasteiger partial charge in [-0.05, 0) is 36.4 Å². The lowest BCUT2D eigenvalue weighted by Crippen LogP contribution is -2.15. The topological polar surface area (TPSA) is 179 Å². The predicted molar refractivity (Wildman–Crippen MR) is 164 cm³/mol. The number of anilines is 2. The molecule has 0 aliphatic rings. The molecule has 0 aliphatic carbocycles. The van der Waals surface area contributed by atoms with Crippen LogP contribution in [0.25, 0.3) is 20.4 Å². The molecule has 0 spiro atoms. The van der Waals surface area contributed by atoms with Crippen molar-refractivity contribution in [2.75, 3.05) is 29.2 Å². The summed E-state index contributed by atoms with van der Waals surface area (Å²) in [7, 11) is 1.40. The Morgan fingerprint density at radius 2 is 1.45 bits per heavy atom. The van der Waals surface area contributed by atoms with Crippen LogP contribution >= 0.6 is 46.2 Å². The van der Waals surface area contributed by atoms with E-state index >= 15 is 0 Å². The van der Waals surface area contributed by atoms with Crippen LogP contribution in [0.1, 0.15) is 0 Å². The minimum absolute atomic E-state index is 0.0106. The molecule has 0 bridgehead atoms. The van der Waals surface area contributed by atoms with E-state index in [0.29, 0.717) is 35.8 Å². The third-order valence-corrected chi connectivity index (χ3v) is 9.87. The summed E-state index contributed by atoms with van der Waals surface area (Å²) in [6.07, 6.45) is 0. The lowest BCUT2D eigenvalue weighted by atomic mass is 10.2. The van der Waals surface area contributed by atoms with Crippen LogP contribution in [-0.4, -0.2) is 50.2 Å². The highest BCUT2D eigenvalue weighted by Gasteiger charge is 2.18. The number of carbonyl (C=O) groups is 2. The maximum Gasteiger partial charge on any atom is 0.296 e. The molecule has 2 amide bonds. The third-order valence-electron chi connectivity index (χ3n) is 5.54. The summed E-state index contributed by atoms with van der Waals surface area (Å²) in [6, 6.07) is 13.9. The standard InChI is InChI=1S/C25H18N6O7S4/c1-38-15-4-7-16(19(10-15)31(36)37)27-23(33)12-40-24-28-17-5-2-13(8-20(17)41-24)26-22(32)11-39-25-29-18-6-3-14(30(34)35)9-21(18)42-25/h2-10H,11-12H2,1H3,(H,26,32)(H,27,33). The van der Waals surface area contributed by atoms with Gasteiger partial charge in [0.2, 0.25) is 11.8 Å². The third kappa shape index (κ3) is 6.93. The van der Waals surface area contributed by atoms with Gasteiger partial charge in [0.05, 0.1) is 55.0 Å². The normalized spacial score (nSPS) is 11.0. The molecule has 0 fully saturated rings. The largest absolute Gasteiger partial charge is 0.496 e. The van der Waals surface area contributed by atoms with Gasteiger partial charge in [-0.15, -0.1) is 22.7 Å². The summed E-state index contributed by atoms with van der Waals surface area (Å²) in [4.78, 5) is 55.2.